The van der Waals surface area contributed by atoms with Crippen LogP contribution in [0.2, 0.25) is 0 Å². The summed E-state index contributed by atoms with van der Waals surface area (Å²) in [5.74, 6) is -1.07. The fourth-order valence-corrected chi connectivity index (χ4v) is 3.48. The highest BCUT2D eigenvalue weighted by molar-refractivity contribution is 7.90. The lowest BCUT2D eigenvalue weighted by molar-refractivity contribution is -0.123. The molecule has 0 aliphatic rings. The first-order chi connectivity index (χ1) is 11.7. The third kappa shape index (κ3) is 6.49. The van der Waals surface area contributed by atoms with Crippen LogP contribution in [0.3, 0.4) is 0 Å². The van der Waals surface area contributed by atoms with E-state index in [4.69, 9.17) is 0 Å². The largest absolute Gasteiger partial charge is 0.326 e. The van der Waals surface area contributed by atoms with Crippen LogP contribution in [-0.2, 0) is 19.6 Å². The number of carbonyl (C=O) groups excluding carboxylic acids is 2. The molecule has 2 N–H and O–H groups in total. The SMILES string of the molecule is CCCC(C)C(=O)Nc1ccc(S(=O)(=O)NC(=O)C(C)CCC)cc1. The maximum atomic E-state index is 12.3. The molecule has 2 atom stereocenters. The number of hydrogen-bond acceptors (Lipinski definition) is 4. The van der Waals surface area contributed by atoms with Crippen molar-refractivity contribution in [3.63, 3.8) is 0 Å². The Balaban J connectivity index is 2.77. The normalized spacial score (nSPS) is 13.8. The van der Waals surface area contributed by atoms with Crippen molar-refractivity contribution < 1.29 is 18.0 Å². The summed E-state index contributed by atoms with van der Waals surface area (Å²) in [6, 6.07) is 5.79. The number of nitrogens with one attached hydrogen (secondary N) is 2. The van der Waals surface area contributed by atoms with Crippen LogP contribution >= 0.6 is 0 Å². The highest BCUT2D eigenvalue weighted by Gasteiger charge is 2.21. The van der Waals surface area contributed by atoms with Crippen LogP contribution < -0.4 is 10.0 Å². The molecule has 1 aromatic rings. The third-order valence-electron chi connectivity index (χ3n) is 4.01. The summed E-state index contributed by atoms with van der Waals surface area (Å²) in [6.07, 6.45) is 3.14. The van der Waals surface area contributed by atoms with Crippen molar-refractivity contribution in [1.82, 2.24) is 4.72 Å². The lowest BCUT2D eigenvalue weighted by Gasteiger charge is -2.13. The molecular formula is C18H28N2O4S. The van der Waals surface area contributed by atoms with Crippen LogP contribution in [0.4, 0.5) is 5.69 Å². The lowest BCUT2D eigenvalue weighted by atomic mass is 10.1. The first-order valence-electron chi connectivity index (χ1n) is 8.68. The predicted molar refractivity (Wildman–Crippen MR) is 98.5 cm³/mol. The molecule has 140 valence electrons. The molecule has 7 heteroatoms. The van der Waals surface area contributed by atoms with Crippen molar-refractivity contribution in [2.24, 2.45) is 11.8 Å². The molecule has 0 radical (unpaired) electrons. The lowest BCUT2D eigenvalue weighted by Crippen LogP contribution is -2.34. The zero-order chi connectivity index (χ0) is 19.0. The summed E-state index contributed by atoms with van der Waals surface area (Å²) in [5, 5.41) is 2.76. The summed E-state index contributed by atoms with van der Waals surface area (Å²) in [7, 11) is -3.91. The maximum Gasteiger partial charge on any atom is 0.264 e. The number of anilines is 1. The van der Waals surface area contributed by atoms with Gasteiger partial charge in [0.15, 0.2) is 0 Å². The number of carbonyl (C=O) groups is 2. The summed E-state index contributed by atoms with van der Waals surface area (Å²) in [5.41, 5.74) is 0.526. The molecular weight excluding hydrogens is 340 g/mol. The molecule has 2 amide bonds. The zero-order valence-corrected chi connectivity index (χ0v) is 16.2. The Morgan fingerprint density at radius 1 is 0.920 bits per heavy atom. The summed E-state index contributed by atoms with van der Waals surface area (Å²) < 4.78 is 26.6. The van der Waals surface area contributed by atoms with Gasteiger partial charge in [0.25, 0.3) is 10.0 Å². The minimum atomic E-state index is -3.91. The molecule has 0 heterocycles. The van der Waals surface area contributed by atoms with Gasteiger partial charge >= 0.3 is 0 Å². The number of sulfonamides is 1. The van der Waals surface area contributed by atoms with Gasteiger partial charge in [-0.25, -0.2) is 13.1 Å². The van der Waals surface area contributed by atoms with E-state index >= 15 is 0 Å². The van der Waals surface area contributed by atoms with Gasteiger partial charge in [-0.3, -0.25) is 9.59 Å². The van der Waals surface area contributed by atoms with Gasteiger partial charge in [-0.05, 0) is 37.1 Å². The van der Waals surface area contributed by atoms with Gasteiger partial charge in [-0.2, -0.15) is 0 Å². The molecule has 0 spiro atoms. The number of rotatable bonds is 9. The Kier molecular flexibility index (Phi) is 8.09. The highest BCUT2D eigenvalue weighted by atomic mass is 32.2. The van der Waals surface area contributed by atoms with E-state index in [0.717, 1.165) is 19.3 Å². The predicted octanol–water partition coefficient (Wildman–Crippen LogP) is 3.30. The molecule has 6 nitrogen and oxygen atoms in total. The van der Waals surface area contributed by atoms with Gasteiger partial charge in [-0.15, -0.1) is 0 Å². The van der Waals surface area contributed by atoms with E-state index in [2.05, 4.69) is 10.0 Å². The van der Waals surface area contributed by atoms with Gasteiger partial charge in [-0.1, -0.05) is 40.5 Å². The Morgan fingerprint density at radius 2 is 1.40 bits per heavy atom. The highest BCUT2D eigenvalue weighted by Crippen LogP contribution is 2.16. The quantitative estimate of drug-likeness (QED) is 0.699. The second kappa shape index (κ2) is 9.56. The van der Waals surface area contributed by atoms with Crippen molar-refractivity contribution in [2.75, 3.05) is 5.32 Å². The van der Waals surface area contributed by atoms with Crippen molar-refractivity contribution >= 4 is 27.5 Å². The molecule has 1 rings (SSSR count). The fourth-order valence-electron chi connectivity index (χ4n) is 2.40. The molecule has 25 heavy (non-hydrogen) atoms. The van der Waals surface area contributed by atoms with E-state index in [1.54, 1.807) is 6.92 Å². The molecule has 0 bridgehead atoms. The number of amides is 2. The third-order valence-corrected chi connectivity index (χ3v) is 5.37. The summed E-state index contributed by atoms with van der Waals surface area (Å²) in [6.45, 7) is 7.50. The molecule has 1 aromatic carbocycles. The second-order valence-electron chi connectivity index (χ2n) is 6.36. The van der Waals surface area contributed by atoms with Crippen molar-refractivity contribution in [3.05, 3.63) is 24.3 Å². The van der Waals surface area contributed by atoms with E-state index < -0.39 is 15.9 Å². The van der Waals surface area contributed by atoms with Crippen LogP contribution in [0, 0.1) is 11.8 Å². The maximum absolute atomic E-state index is 12.3. The molecule has 0 saturated heterocycles. The molecule has 2 unspecified atom stereocenters. The Labute approximate surface area is 150 Å². The van der Waals surface area contributed by atoms with Crippen LogP contribution in [0.5, 0.6) is 0 Å². The zero-order valence-electron chi connectivity index (χ0n) is 15.3. The van der Waals surface area contributed by atoms with Crippen LogP contribution in [0.1, 0.15) is 53.4 Å². The van der Waals surface area contributed by atoms with E-state index in [9.17, 15) is 18.0 Å². The average molecular weight is 368 g/mol. The van der Waals surface area contributed by atoms with E-state index in [-0.39, 0.29) is 22.6 Å². The molecule has 0 aliphatic carbocycles. The van der Waals surface area contributed by atoms with Crippen molar-refractivity contribution in [1.29, 1.82) is 0 Å². The minimum Gasteiger partial charge on any atom is -0.326 e. The summed E-state index contributed by atoms with van der Waals surface area (Å²) in [4.78, 5) is 23.9. The first-order valence-corrected chi connectivity index (χ1v) is 10.2. The minimum absolute atomic E-state index is 0.0100. The Bertz CT molecular complexity index is 684. The van der Waals surface area contributed by atoms with E-state index in [0.29, 0.717) is 12.1 Å². The van der Waals surface area contributed by atoms with Crippen molar-refractivity contribution in [3.8, 4) is 0 Å². The van der Waals surface area contributed by atoms with Crippen LogP contribution in [-0.4, -0.2) is 20.2 Å². The van der Waals surface area contributed by atoms with Gasteiger partial charge in [0, 0.05) is 17.5 Å². The second-order valence-corrected chi connectivity index (χ2v) is 8.05. The van der Waals surface area contributed by atoms with Gasteiger partial charge in [0.05, 0.1) is 4.90 Å². The summed E-state index contributed by atoms with van der Waals surface area (Å²) >= 11 is 0. The van der Waals surface area contributed by atoms with Gasteiger partial charge < -0.3 is 5.32 Å². The monoisotopic (exact) mass is 368 g/mol. The van der Waals surface area contributed by atoms with Gasteiger partial charge in [0.2, 0.25) is 11.8 Å². The molecule has 0 aliphatic heterocycles. The first kappa shape index (κ1) is 21.2. The van der Waals surface area contributed by atoms with Gasteiger partial charge in [0.1, 0.15) is 0 Å². The Morgan fingerprint density at radius 3 is 1.88 bits per heavy atom. The standard InChI is InChI=1S/C18H28N2O4S/c1-5-7-13(3)17(21)19-15-9-11-16(12-10-15)25(23,24)20-18(22)14(4)8-6-2/h9-14H,5-8H2,1-4H3,(H,19,21)(H,20,22). The smallest absolute Gasteiger partial charge is 0.264 e. The molecule has 0 saturated carbocycles. The Hall–Kier alpha value is -1.89. The van der Waals surface area contributed by atoms with Crippen LogP contribution in [0.15, 0.2) is 29.2 Å². The van der Waals surface area contributed by atoms with Crippen molar-refractivity contribution in [2.45, 2.75) is 58.3 Å². The average Bonchev–Trinajstić information content (AvgIpc) is 2.55. The fraction of sp³-hybridized carbons (Fsp3) is 0.556. The topological polar surface area (TPSA) is 92.3 Å². The van der Waals surface area contributed by atoms with Crippen LogP contribution in [0.25, 0.3) is 0 Å². The molecule has 0 aromatic heterocycles. The number of benzene rings is 1. The van der Waals surface area contributed by atoms with E-state index in [1.807, 2.05) is 20.8 Å². The number of hydrogen-bond donors (Lipinski definition) is 2. The molecule has 0 fully saturated rings. The van der Waals surface area contributed by atoms with E-state index in [1.165, 1.54) is 24.3 Å².